The maximum Gasteiger partial charge on any atom is 0.0507 e. The predicted octanol–water partition coefficient (Wildman–Crippen LogP) is 2.37. The third-order valence-corrected chi connectivity index (χ3v) is 4.56. The number of aliphatic hydroxyl groups excluding tert-OH is 1. The van der Waals surface area contributed by atoms with Gasteiger partial charge in [0.25, 0.3) is 0 Å². The first-order valence-corrected chi connectivity index (χ1v) is 7.82. The first kappa shape index (κ1) is 14.0. The molecule has 3 unspecified atom stereocenters. The van der Waals surface area contributed by atoms with Gasteiger partial charge in [-0.2, -0.15) is 11.3 Å². The number of rotatable bonds is 6. The molecule has 1 fully saturated rings. The van der Waals surface area contributed by atoms with E-state index >= 15 is 0 Å². The fraction of sp³-hybridized carbons (Fsp3) is 0.714. The highest BCUT2D eigenvalue weighted by atomic mass is 32.1. The van der Waals surface area contributed by atoms with Crippen LogP contribution in [0.15, 0.2) is 16.8 Å². The topological polar surface area (TPSA) is 49.5 Å². The molecule has 0 amide bonds. The standard InChI is InChI=1S/C14H24N2OS/c1-11(15)14(12-6-9-18-10-12)16-7-2-4-13(16)5-3-8-17/h6,9-11,13-14,17H,2-5,7-8,15H2,1H3. The zero-order valence-electron chi connectivity index (χ0n) is 11.1. The lowest BCUT2D eigenvalue weighted by atomic mass is 10.00. The molecule has 0 saturated carbocycles. The zero-order chi connectivity index (χ0) is 13.0. The van der Waals surface area contributed by atoms with Gasteiger partial charge < -0.3 is 10.8 Å². The molecule has 0 aromatic carbocycles. The minimum Gasteiger partial charge on any atom is -0.396 e. The third-order valence-electron chi connectivity index (χ3n) is 3.86. The Balaban J connectivity index is 2.10. The van der Waals surface area contributed by atoms with Gasteiger partial charge >= 0.3 is 0 Å². The first-order chi connectivity index (χ1) is 8.74. The van der Waals surface area contributed by atoms with E-state index in [1.54, 1.807) is 11.3 Å². The summed E-state index contributed by atoms with van der Waals surface area (Å²) in [7, 11) is 0. The van der Waals surface area contributed by atoms with Crippen LogP contribution in [-0.4, -0.2) is 35.2 Å². The molecule has 0 bridgehead atoms. The van der Waals surface area contributed by atoms with Crippen molar-refractivity contribution < 1.29 is 5.11 Å². The van der Waals surface area contributed by atoms with Crippen molar-refractivity contribution in [3.63, 3.8) is 0 Å². The summed E-state index contributed by atoms with van der Waals surface area (Å²) in [5.41, 5.74) is 7.56. The molecule has 102 valence electrons. The SMILES string of the molecule is CC(N)C(c1ccsc1)N1CCCC1CCCO. The molecule has 1 aliphatic rings. The summed E-state index contributed by atoms with van der Waals surface area (Å²) in [5.74, 6) is 0. The highest BCUT2D eigenvalue weighted by Gasteiger charge is 2.33. The molecule has 3 N–H and O–H groups in total. The molecule has 2 heterocycles. The van der Waals surface area contributed by atoms with Crippen LogP contribution in [-0.2, 0) is 0 Å². The summed E-state index contributed by atoms with van der Waals surface area (Å²) >= 11 is 1.74. The molecular weight excluding hydrogens is 244 g/mol. The van der Waals surface area contributed by atoms with Crippen molar-refractivity contribution in [2.45, 2.75) is 50.7 Å². The maximum atomic E-state index is 9.00. The van der Waals surface area contributed by atoms with Crippen molar-refractivity contribution in [3.05, 3.63) is 22.4 Å². The normalized spacial score (nSPS) is 24.3. The Morgan fingerprint density at radius 2 is 2.44 bits per heavy atom. The largest absolute Gasteiger partial charge is 0.396 e. The number of thiophene rings is 1. The Kier molecular flexibility index (Phi) is 5.18. The van der Waals surface area contributed by atoms with Gasteiger partial charge in [0, 0.05) is 18.7 Å². The highest BCUT2D eigenvalue weighted by molar-refractivity contribution is 7.07. The molecule has 0 spiro atoms. The molecule has 1 saturated heterocycles. The van der Waals surface area contributed by atoms with Gasteiger partial charge in [-0.05, 0) is 61.5 Å². The van der Waals surface area contributed by atoms with Gasteiger partial charge in [0.15, 0.2) is 0 Å². The number of nitrogens with two attached hydrogens (primary N) is 1. The van der Waals surface area contributed by atoms with Gasteiger partial charge in [0.05, 0.1) is 6.04 Å². The lowest BCUT2D eigenvalue weighted by Gasteiger charge is -2.35. The van der Waals surface area contributed by atoms with Crippen LogP contribution in [0.25, 0.3) is 0 Å². The molecule has 0 radical (unpaired) electrons. The molecule has 3 atom stereocenters. The van der Waals surface area contributed by atoms with Gasteiger partial charge in [-0.25, -0.2) is 0 Å². The Hall–Kier alpha value is -0.420. The van der Waals surface area contributed by atoms with E-state index in [0.717, 1.165) is 19.4 Å². The molecule has 2 rings (SSSR count). The third kappa shape index (κ3) is 3.12. The first-order valence-electron chi connectivity index (χ1n) is 6.88. The number of hydrogen-bond acceptors (Lipinski definition) is 4. The lowest BCUT2D eigenvalue weighted by molar-refractivity contribution is 0.146. The van der Waals surface area contributed by atoms with Crippen molar-refractivity contribution in [2.24, 2.45) is 5.73 Å². The van der Waals surface area contributed by atoms with Crippen molar-refractivity contribution in [2.75, 3.05) is 13.2 Å². The van der Waals surface area contributed by atoms with Crippen molar-refractivity contribution in [1.29, 1.82) is 0 Å². The Bertz CT molecular complexity index is 340. The molecule has 4 heteroatoms. The molecule has 18 heavy (non-hydrogen) atoms. The number of nitrogens with zero attached hydrogens (tertiary/aromatic N) is 1. The van der Waals surface area contributed by atoms with Crippen LogP contribution >= 0.6 is 11.3 Å². The second-order valence-electron chi connectivity index (χ2n) is 5.26. The van der Waals surface area contributed by atoms with E-state index in [2.05, 4.69) is 28.7 Å². The van der Waals surface area contributed by atoms with Crippen molar-refractivity contribution >= 4 is 11.3 Å². The van der Waals surface area contributed by atoms with E-state index in [1.165, 1.54) is 18.4 Å². The minimum atomic E-state index is 0.148. The van der Waals surface area contributed by atoms with Gasteiger partial charge in [-0.3, -0.25) is 4.90 Å². The summed E-state index contributed by atoms with van der Waals surface area (Å²) in [5, 5.41) is 13.3. The fourth-order valence-corrected chi connectivity index (χ4v) is 3.79. The van der Waals surface area contributed by atoms with Crippen LogP contribution in [0.5, 0.6) is 0 Å². The summed E-state index contributed by atoms with van der Waals surface area (Å²) in [4.78, 5) is 2.56. The molecule has 1 aliphatic heterocycles. The lowest BCUT2D eigenvalue weighted by Crippen LogP contribution is -2.42. The van der Waals surface area contributed by atoms with E-state index in [1.807, 2.05) is 0 Å². The van der Waals surface area contributed by atoms with Crippen LogP contribution in [0.2, 0.25) is 0 Å². The van der Waals surface area contributed by atoms with Crippen LogP contribution in [0.1, 0.15) is 44.2 Å². The second-order valence-corrected chi connectivity index (χ2v) is 6.04. The van der Waals surface area contributed by atoms with Gasteiger partial charge in [-0.1, -0.05) is 0 Å². The number of likely N-dealkylation sites (tertiary alicyclic amines) is 1. The number of hydrogen-bond donors (Lipinski definition) is 2. The summed E-state index contributed by atoms with van der Waals surface area (Å²) in [6, 6.07) is 3.27. The van der Waals surface area contributed by atoms with Crippen molar-refractivity contribution in [3.8, 4) is 0 Å². The maximum absolute atomic E-state index is 9.00. The van der Waals surface area contributed by atoms with Gasteiger partial charge in [0.2, 0.25) is 0 Å². The van der Waals surface area contributed by atoms with Gasteiger partial charge in [-0.15, -0.1) is 0 Å². The van der Waals surface area contributed by atoms with Crippen molar-refractivity contribution in [1.82, 2.24) is 4.90 Å². The Morgan fingerprint density at radius 3 is 3.06 bits per heavy atom. The summed E-state index contributed by atoms with van der Waals surface area (Å²) < 4.78 is 0. The van der Waals surface area contributed by atoms with E-state index < -0.39 is 0 Å². The second kappa shape index (κ2) is 6.66. The van der Waals surface area contributed by atoms with E-state index in [4.69, 9.17) is 10.8 Å². The van der Waals surface area contributed by atoms with Crippen LogP contribution in [0, 0.1) is 0 Å². The van der Waals surface area contributed by atoms with Crippen LogP contribution in [0.3, 0.4) is 0 Å². The monoisotopic (exact) mass is 268 g/mol. The molecule has 0 aliphatic carbocycles. The Morgan fingerprint density at radius 1 is 1.61 bits per heavy atom. The van der Waals surface area contributed by atoms with Crippen LogP contribution < -0.4 is 5.73 Å². The molecular formula is C14H24N2OS. The smallest absolute Gasteiger partial charge is 0.0507 e. The van der Waals surface area contributed by atoms with E-state index in [9.17, 15) is 0 Å². The molecule has 1 aromatic heterocycles. The van der Waals surface area contributed by atoms with Gasteiger partial charge in [0.1, 0.15) is 0 Å². The predicted molar refractivity (Wildman–Crippen MR) is 76.8 cm³/mol. The summed E-state index contributed by atoms with van der Waals surface area (Å²) in [6.45, 7) is 3.54. The minimum absolute atomic E-state index is 0.148. The number of aliphatic hydroxyl groups is 1. The molecule has 1 aromatic rings. The van der Waals surface area contributed by atoms with E-state index in [-0.39, 0.29) is 6.04 Å². The fourth-order valence-electron chi connectivity index (χ4n) is 3.10. The average molecular weight is 268 g/mol. The average Bonchev–Trinajstić information content (AvgIpc) is 2.98. The summed E-state index contributed by atoms with van der Waals surface area (Å²) in [6.07, 6.45) is 4.48. The van der Waals surface area contributed by atoms with E-state index in [0.29, 0.717) is 18.7 Å². The highest BCUT2D eigenvalue weighted by Crippen LogP contribution is 2.33. The molecule has 3 nitrogen and oxygen atoms in total. The Labute approximate surface area is 114 Å². The quantitative estimate of drug-likeness (QED) is 0.833. The van der Waals surface area contributed by atoms with Crippen LogP contribution in [0.4, 0.5) is 0 Å². The zero-order valence-corrected chi connectivity index (χ0v) is 11.9.